The van der Waals surface area contributed by atoms with Gasteiger partial charge in [0.1, 0.15) is 17.7 Å². The number of hydrogen-bond donors (Lipinski definition) is 1. The second kappa shape index (κ2) is 13.3. The van der Waals surface area contributed by atoms with Crippen molar-refractivity contribution >= 4 is 11.6 Å². The first-order chi connectivity index (χ1) is 18.7. The molecule has 0 aliphatic heterocycles. The molecule has 0 atom stereocenters. The molecule has 1 N–H and O–H groups in total. The van der Waals surface area contributed by atoms with Gasteiger partial charge in [-0.05, 0) is 101 Å². The van der Waals surface area contributed by atoms with Gasteiger partial charge in [0.25, 0.3) is 0 Å². The molecule has 1 aromatic heterocycles. The number of aliphatic hydroxyl groups is 1. The Bertz CT molecular complexity index is 1190. The van der Waals surface area contributed by atoms with Crippen LogP contribution in [0.3, 0.4) is 0 Å². The molecular weight excluding hydrogens is 488 g/mol. The number of carbonyl (C=O) groups excluding carboxylic acids is 1. The fourth-order valence-corrected chi connectivity index (χ4v) is 5.93. The van der Waals surface area contributed by atoms with Crippen LogP contribution in [0.25, 0.3) is 11.3 Å². The third kappa shape index (κ3) is 7.51. The summed E-state index contributed by atoms with van der Waals surface area (Å²) in [5, 5.41) is 10.0. The average molecular weight is 533 g/mol. The van der Waals surface area contributed by atoms with Crippen LogP contribution >= 0.6 is 0 Å². The minimum Gasteiger partial charge on any atom is -0.497 e. The van der Waals surface area contributed by atoms with Gasteiger partial charge < -0.3 is 19.2 Å². The first-order valence-electron chi connectivity index (χ1n) is 14.4. The topological polar surface area (TPSA) is 75.8 Å². The smallest absolute Gasteiger partial charge is 0.230 e. The number of hydrogen-bond acceptors (Lipinski definition) is 5. The molecule has 2 saturated carbocycles. The van der Waals surface area contributed by atoms with Crippen molar-refractivity contribution in [3.05, 3.63) is 72.1 Å². The number of aliphatic hydroxyl groups excluding tert-OH is 1. The number of aryl methyl sites for hydroxylation is 1. The van der Waals surface area contributed by atoms with Crippen molar-refractivity contribution in [3.63, 3.8) is 0 Å². The van der Waals surface area contributed by atoms with Gasteiger partial charge in [-0.2, -0.15) is 0 Å². The maximum Gasteiger partial charge on any atom is 0.230 e. The Morgan fingerprint density at radius 2 is 1.79 bits per heavy atom. The molecule has 0 radical (unpaired) electrons. The molecule has 39 heavy (non-hydrogen) atoms. The molecule has 2 aromatic rings. The number of carbonyl (C=O) groups is 1. The van der Waals surface area contributed by atoms with E-state index in [-0.39, 0.29) is 17.9 Å². The van der Waals surface area contributed by atoms with Crippen LogP contribution in [-0.4, -0.2) is 35.8 Å². The highest BCUT2D eigenvalue weighted by molar-refractivity contribution is 5.95. The quantitative estimate of drug-likeness (QED) is 0.269. The SMILES string of the molecule is C=C(/C=C\C(OC)=C(C)C)C1CCC(CN(C(=O)C2CCC(O)CC2)c2cccc(-c3coc(C)n3)c2)CC1. The zero-order chi connectivity index (χ0) is 27.9. The van der Waals surface area contributed by atoms with Crippen LogP contribution < -0.4 is 4.90 Å². The van der Waals surface area contributed by atoms with Crippen LogP contribution in [0.1, 0.15) is 71.1 Å². The van der Waals surface area contributed by atoms with E-state index in [9.17, 15) is 9.90 Å². The first-order valence-corrected chi connectivity index (χ1v) is 14.4. The first kappa shape index (κ1) is 28.9. The van der Waals surface area contributed by atoms with Gasteiger partial charge in [-0.1, -0.05) is 30.4 Å². The summed E-state index contributed by atoms with van der Waals surface area (Å²) < 4.78 is 10.9. The van der Waals surface area contributed by atoms with Crippen molar-refractivity contribution in [2.45, 2.75) is 78.2 Å². The van der Waals surface area contributed by atoms with Gasteiger partial charge in [0.15, 0.2) is 5.89 Å². The molecule has 0 unspecified atom stereocenters. The van der Waals surface area contributed by atoms with Crippen molar-refractivity contribution < 1.29 is 19.1 Å². The fourth-order valence-electron chi connectivity index (χ4n) is 5.93. The Balaban J connectivity index is 1.47. The molecule has 2 aliphatic rings. The van der Waals surface area contributed by atoms with E-state index >= 15 is 0 Å². The van der Waals surface area contributed by atoms with Crippen LogP contribution in [0.4, 0.5) is 5.69 Å². The lowest BCUT2D eigenvalue weighted by Crippen LogP contribution is -2.42. The molecule has 0 bridgehead atoms. The van der Waals surface area contributed by atoms with E-state index in [0.29, 0.717) is 37.1 Å². The number of amides is 1. The lowest BCUT2D eigenvalue weighted by atomic mass is 9.78. The zero-order valence-electron chi connectivity index (χ0n) is 24.0. The van der Waals surface area contributed by atoms with Gasteiger partial charge in [-0.15, -0.1) is 0 Å². The number of benzene rings is 1. The maximum atomic E-state index is 13.9. The number of methoxy groups -OCH3 is 1. The van der Waals surface area contributed by atoms with Crippen LogP contribution in [0, 0.1) is 24.7 Å². The summed E-state index contributed by atoms with van der Waals surface area (Å²) in [5.41, 5.74) is 4.92. The van der Waals surface area contributed by atoms with Gasteiger partial charge in [0, 0.05) is 30.6 Å². The highest BCUT2D eigenvalue weighted by Crippen LogP contribution is 2.36. The summed E-state index contributed by atoms with van der Waals surface area (Å²) in [6, 6.07) is 8.09. The average Bonchev–Trinajstić information content (AvgIpc) is 3.38. The largest absolute Gasteiger partial charge is 0.497 e. The van der Waals surface area contributed by atoms with Crippen molar-refractivity contribution in [1.29, 1.82) is 0 Å². The molecule has 0 spiro atoms. The van der Waals surface area contributed by atoms with E-state index in [0.717, 1.165) is 72.4 Å². The molecule has 1 amide bonds. The van der Waals surface area contributed by atoms with Crippen molar-refractivity contribution in [1.82, 2.24) is 4.98 Å². The predicted molar refractivity (Wildman–Crippen MR) is 156 cm³/mol. The Morgan fingerprint density at radius 1 is 1.10 bits per heavy atom. The van der Waals surface area contributed by atoms with E-state index in [1.54, 1.807) is 13.4 Å². The summed E-state index contributed by atoms with van der Waals surface area (Å²) in [7, 11) is 1.70. The summed E-state index contributed by atoms with van der Waals surface area (Å²) in [6.45, 7) is 11.0. The Labute approximate surface area is 233 Å². The summed E-state index contributed by atoms with van der Waals surface area (Å²) >= 11 is 0. The highest BCUT2D eigenvalue weighted by Gasteiger charge is 2.32. The molecular formula is C33H44N2O4. The molecule has 1 heterocycles. The molecule has 4 rings (SSSR count). The highest BCUT2D eigenvalue weighted by atomic mass is 16.5. The van der Waals surface area contributed by atoms with Gasteiger partial charge in [-0.3, -0.25) is 4.79 Å². The molecule has 1 aromatic carbocycles. The molecule has 6 nitrogen and oxygen atoms in total. The third-order valence-corrected chi connectivity index (χ3v) is 8.36. The number of ether oxygens (including phenoxy) is 1. The number of allylic oxidation sites excluding steroid dienone is 4. The van der Waals surface area contributed by atoms with E-state index < -0.39 is 0 Å². The minimum absolute atomic E-state index is 0.0438. The van der Waals surface area contributed by atoms with Gasteiger partial charge in [0.2, 0.25) is 5.91 Å². The van der Waals surface area contributed by atoms with Gasteiger partial charge in [-0.25, -0.2) is 4.98 Å². The number of oxazole rings is 1. The molecule has 6 heteroatoms. The van der Waals surface area contributed by atoms with E-state index in [1.807, 2.05) is 49.9 Å². The van der Waals surface area contributed by atoms with Crippen LogP contribution in [-0.2, 0) is 9.53 Å². The second-order valence-corrected chi connectivity index (χ2v) is 11.5. The van der Waals surface area contributed by atoms with Crippen molar-refractivity contribution in [3.8, 4) is 11.3 Å². The predicted octanol–water partition coefficient (Wildman–Crippen LogP) is 7.39. The Morgan fingerprint density at radius 3 is 2.41 bits per heavy atom. The van der Waals surface area contributed by atoms with Crippen molar-refractivity contribution in [2.75, 3.05) is 18.6 Å². The monoisotopic (exact) mass is 532 g/mol. The second-order valence-electron chi connectivity index (χ2n) is 11.5. The van der Waals surface area contributed by atoms with E-state index in [1.165, 1.54) is 0 Å². The lowest BCUT2D eigenvalue weighted by Gasteiger charge is -2.36. The number of anilines is 1. The summed E-state index contributed by atoms with van der Waals surface area (Å²) in [4.78, 5) is 20.4. The maximum absolute atomic E-state index is 13.9. The van der Waals surface area contributed by atoms with E-state index in [2.05, 4.69) is 23.7 Å². The van der Waals surface area contributed by atoms with Crippen LogP contribution in [0.5, 0.6) is 0 Å². The standard InChI is InChI=1S/C33H44N2O4/c1-22(2)32(38-5)18-9-23(3)26-12-10-25(11-13-26)20-35(33(37)27-14-16-30(36)17-15-27)29-8-6-7-28(19-29)31-21-39-24(4)34-31/h6-9,18-19,21,25-27,30,36H,3,10-17,20H2,1-2,4-5H3/b18-9-. The summed E-state index contributed by atoms with van der Waals surface area (Å²) in [6.07, 6.45) is 12.6. The summed E-state index contributed by atoms with van der Waals surface area (Å²) in [5.74, 6) is 2.53. The Hall–Kier alpha value is -3.12. The van der Waals surface area contributed by atoms with Crippen LogP contribution in [0.2, 0.25) is 0 Å². The molecule has 2 fully saturated rings. The third-order valence-electron chi connectivity index (χ3n) is 8.36. The zero-order valence-corrected chi connectivity index (χ0v) is 24.0. The lowest BCUT2D eigenvalue weighted by molar-refractivity contribution is -0.124. The Kier molecular flexibility index (Phi) is 9.84. The van der Waals surface area contributed by atoms with Crippen molar-refractivity contribution in [2.24, 2.45) is 17.8 Å². The fraction of sp³-hybridized carbons (Fsp3) is 0.515. The van der Waals surface area contributed by atoms with Crippen LogP contribution in [0.15, 0.2) is 70.6 Å². The minimum atomic E-state index is -0.282. The molecule has 210 valence electrons. The van der Waals surface area contributed by atoms with Gasteiger partial charge >= 0.3 is 0 Å². The van der Waals surface area contributed by atoms with E-state index in [4.69, 9.17) is 9.15 Å². The number of rotatable bonds is 9. The normalized spacial score (nSPS) is 23.4. The van der Waals surface area contributed by atoms with Gasteiger partial charge in [0.05, 0.1) is 13.2 Å². The molecule has 0 saturated heterocycles. The number of aromatic nitrogens is 1. The number of nitrogens with zero attached hydrogens (tertiary/aromatic N) is 2. The molecule has 2 aliphatic carbocycles.